The first-order valence-corrected chi connectivity index (χ1v) is 8.05. The molecule has 0 aliphatic carbocycles. The normalized spacial score (nSPS) is 12.8. The number of fused-ring (bicyclic) bond motifs is 1. The third kappa shape index (κ3) is 3.82. The van der Waals surface area contributed by atoms with Crippen LogP contribution >= 0.6 is 0 Å². The fourth-order valence-electron chi connectivity index (χ4n) is 2.47. The number of benzene rings is 2. The van der Waals surface area contributed by atoms with Gasteiger partial charge in [0, 0.05) is 5.56 Å². The largest absolute Gasteiger partial charge is 0.454 e. The molecule has 0 saturated carbocycles. The number of ether oxygens (including phenoxy) is 3. The van der Waals surface area contributed by atoms with Gasteiger partial charge in [0.25, 0.3) is 0 Å². The average molecular weight is 340 g/mol. The van der Waals surface area contributed by atoms with Crippen LogP contribution in [0.3, 0.4) is 0 Å². The van der Waals surface area contributed by atoms with Gasteiger partial charge in [-0.15, -0.1) is 0 Å². The number of ketones is 1. The number of Topliss-reactive ketones (excluding diaryl/α,β-unsaturated/α-hetero) is 1. The third-order valence-electron chi connectivity index (χ3n) is 4.02. The van der Waals surface area contributed by atoms with Gasteiger partial charge < -0.3 is 14.2 Å². The minimum absolute atomic E-state index is 0.0117. The molecule has 0 aromatic heterocycles. The molecule has 5 heteroatoms. The molecular formula is C20H20O5. The van der Waals surface area contributed by atoms with E-state index in [0.717, 1.165) is 5.56 Å². The van der Waals surface area contributed by atoms with E-state index in [1.54, 1.807) is 30.3 Å². The third-order valence-corrected chi connectivity index (χ3v) is 4.02. The van der Waals surface area contributed by atoms with E-state index in [1.807, 2.05) is 12.1 Å². The maximum atomic E-state index is 12.2. The summed E-state index contributed by atoms with van der Waals surface area (Å²) in [7, 11) is 0. The van der Waals surface area contributed by atoms with Crippen LogP contribution in [0.15, 0.2) is 42.5 Å². The maximum absolute atomic E-state index is 12.2. The van der Waals surface area contributed by atoms with E-state index >= 15 is 0 Å². The molecule has 1 aliphatic heterocycles. The maximum Gasteiger partial charge on any atom is 0.338 e. The molecule has 3 rings (SSSR count). The second-order valence-corrected chi connectivity index (χ2v) is 6.89. The summed E-state index contributed by atoms with van der Waals surface area (Å²) in [5.74, 6) is 0.315. The molecule has 1 heterocycles. The summed E-state index contributed by atoms with van der Waals surface area (Å²) >= 11 is 0. The Morgan fingerprint density at radius 2 is 1.60 bits per heavy atom. The first-order chi connectivity index (χ1) is 11.8. The van der Waals surface area contributed by atoms with Crippen molar-refractivity contribution in [3.8, 4) is 11.5 Å². The van der Waals surface area contributed by atoms with E-state index in [4.69, 9.17) is 14.2 Å². The van der Waals surface area contributed by atoms with Crippen molar-refractivity contribution in [3.05, 3.63) is 59.2 Å². The second-order valence-electron chi connectivity index (χ2n) is 6.89. The van der Waals surface area contributed by atoms with Gasteiger partial charge >= 0.3 is 5.97 Å². The Balaban J connectivity index is 1.61. The standard InChI is InChI=1S/C20H20O5/c1-20(2,3)15-7-4-13(5-8-15)19(22)23-11-16(21)14-6-9-17-18(10-14)25-12-24-17/h4-10H,11-12H2,1-3H3. The molecule has 1 aliphatic rings. The molecule has 0 amide bonds. The zero-order chi connectivity index (χ0) is 18.0. The molecule has 5 nitrogen and oxygen atoms in total. The van der Waals surface area contributed by atoms with Gasteiger partial charge in [0.1, 0.15) is 0 Å². The van der Waals surface area contributed by atoms with Gasteiger partial charge in [-0.3, -0.25) is 4.79 Å². The molecule has 25 heavy (non-hydrogen) atoms. The van der Waals surface area contributed by atoms with E-state index in [1.165, 1.54) is 0 Å². The molecule has 2 aromatic carbocycles. The molecular weight excluding hydrogens is 320 g/mol. The Morgan fingerprint density at radius 1 is 0.960 bits per heavy atom. The van der Waals surface area contributed by atoms with Gasteiger partial charge in [0.2, 0.25) is 6.79 Å². The first kappa shape index (κ1) is 17.0. The zero-order valence-corrected chi connectivity index (χ0v) is 14.5. The number of carbonyl (C=O) groups is 2. The molecule has 0 fully saturated rings. The van der Waals surface area contributed by atoms with Crippen LogP contribution in [-0.4, -0.2) is 25.2 Å². The number of esters is 1. The Kier molecular flexibility index (Phi) is 4.49. The van der Waals surface area contributed by atoms with Crippen LogP contribution in [0, 0.1) is 0 Å². The molecule has 0 bridgehead atoms. The van der Waals surface area contributed by atoms with E-state index in [-0.39, 0.29) is 24.6 Å². The van der Waals surface area contributed by atoms with Gasteiger partial charge in [-0.25, -0.2) is 4.79 Å². The highest BCUT2D eigenvalue weighted by molar-refractivity contribution is 5.99. The van der Waals surface area contributed by atoms with Gasteiger partial charge in [0.05, 0.1) is 5.56 Å². The monoisotopic (exact) mass is 340 g/mol. The summed E-state index contributed by atoms with van der Waals surface area (Å²) in [4.78, 5) is 24.3. The number of hydrogen-bond acceptors (Lipinski definition) is 5. The Bertz CT molecular complexity index is 800. The molecule has 130 valence electrons. The Labute approximate surface area is 146 Å². The summed E-state index contributed by atoms with van der Waals surface area (Å²) in [6, 6.07) is 12.1. The van der Waals surface area contributed by atoms with Crippen LogP contribution < -0.4 is 9.47 Å². The van der Waals surface area contributed by atoms with E-state index in [0.29, 0.717) is 22.6 Å². The summed E-state index contributed by atoms with van der Waals surface area (Å²) in [5, 5.41) is 0. The van der Waals surface area contributed by atoms with Crippen molar-refractivity contribution in [2.75, 3.05) is 13.4 Å². The minimum atomic E-state index is -0.519. The van der Waals surface area contributed by atoms with Crippen LogP contribution in [0.5, 0.6) is 11.5 Å². The number of carbonyl (C=O) groups excluding carboxylic acids is 2. The van der Waals surface area contributed by atoms with Gasteiger partial charge in [0.15, 0.2) is 23.9 Å². The zero-order valence-electron chi connectivity index (χ0n) is 14.5. The van der Waals surface area contributed by atoms with Crippen molar-refractivity contribution in [2.24, 2.45) is 0 Å². The van der Waals surface area contributed by atoms with Crippen LogP contribution in [0.4, 0.5) is 0 Å². The van der Waals surface area contributed by atoms with Crippen molar-refractivity contribution in [1.29, 1.82) is 0 Å². The van der Waals surface area contributed by atoms with Crippen LogP contribution in [0.1, 0.15) is 47.1 Å². The summed E-state index contributed by atoms with van der Waals surface area (Å²) < 4.78 is 15.6. The minimum Gasteiger partial charge on any atom is -0.454 e. The first-order valence-electron chi connectivity index (χ1n) is 8.05. The van der Waals surface area contributed by atoms with Gasteiger partial charge in [-0.1, -0.05) is 32.9 Å². The smallest absolute Gasteiger partial charge is 0.338 e. The lowest BCUT2D eigenvalue weighted by molar-refractivity contribution is 0.0474. The van der Waals surface area contributed by atoms with E-state index < -0.39 is 5.97 Å². The lowest BCUT2D eigenvalue weighted by atomic mass is 9.87. The quantitative estimate of drug-likeness (QED) is 0.626. The van der Waals surface area contributed by atoms with Crippen molar-refractivity contribution >= 4 is 11.8 Å². The molecule has 0 spiro atoms. The predicted octanol–water partition coefficient (Wildman–Crippen LogP) is 3.75. The summed E-state index contributed by atoms with van der Waals surface area (Å²) in [6.45, 7) is 6.13. The average Bonchev–Trinajstić information content (AvgIpc) is 3.06. The summed E-state index contributed by atoms with van der Waals surface area (Å²) in [6.07, 6.45) is 0. The SMILES string of the molecule is CC(C)(C)c1ccc(C(=O)OCC(=O)c2ccc3c(c2)OCO3)cc1. The highest BCUT2D eigenvalue weighted by Crippen LogP contribution is 2.32. The van der Waals surface area contributed by atoms with Crippen molar-refractivity contribution in [3.63, 3.8) is 0 Å². The molecule has 2 aromatic rings. The number of rotatable bonds is 4. The van der Waals surface area contributed by atoms with Crippen molar-refractivity contribution in [2.45, 2.75) is 26.2 Å². The van der Waals surface area contributed by atoms with Crippen LogP contribution in [0.25, 0.3) is 0 Å². The highest BCUT2D eigenvalue weighted by atomic mass is 16.7. The molecule has 0 radical (unpaired) electrons. The predicted molar refractivity (Wildman–Crippen MR) is 92.3 cm³/mol. The number of hydrogen-bond donors (Lipinski definition) is 0. The van der Waals surface area contributed by atoms with Crippen molar-refractivity contribution < 1.29 is 23.8 Å². The van der Waals surface area contributed by atoms with E-state index in [2.05, 4.69) is 20.8 Å². The van der Waals surface area contributed by atoms with Crippen LogP contribution in [-0.2, 0) is 10.2 Å². The molecule has 0 N–H and O–H groups in total. The fraction of sp³-hybridized carbons (Fsp3) is 0.300. The van der Waals surface area contributed by atoms with Gasteiger partial charge in [-0.05, 0) is 41.3 Å². The van der Waals surface area contributed by atoms with E-state index in [9.17, 15) is 9.59 Å². The second kappa shape index (κ2) is 6.59. The topological polar surface area (TPSA) is 61.8 Å². The molecule has 0 atom stereocenters. The van der Waals surface area contributed by atoms with Crippen LogP contribution in [0.2, 0.25) is 0 Å². The van der Waals surface area contributed by atoms with Crippen molar-refractivity contribution in [1.82, 2.24) is 0 Å². The highest BCUT2D eigenvalue weighted by Gasteiger charge is 2.18. The Hall–Kier alpha value is -2.82. The summed E-state index contributed by atoms with van der Waals surface area (Å²) in [5.41, 5.74) is 1.98. The fourth-order valence-corrected chi connectivity index (χ4v) is 2.47. The lowest BCUT2D eigenvalue weighted by Crippen LogP contribution is -2.15. The molecule has 0 unspecified atom stereocenters. The molecule has 0 saturated heterocycles. The lowest BCUT2D eigenvalue weighted by Gasteiger charge is -2.18. The van der Waals surface area contributed by atoms with Gasteiger partial charge in [-0.2, -0.15) is 0 Å². The Morgan fingerprint density at radius 3 is 2.28 bits per heavy atom.